The molecule has 0 saturated carbocycles. The lowest BCUT2D eigenvalue weighted by Gasteiger charge is -2.29. The van der Waals surface area contributed by atoms with Crippen LogP contribution in [0.3, 0.4) is 0 Å². The minimum Gasteiger partial charge on any atom is -0.303 e. The Morgan fingerprint density at radius 2 is 2.00 bits per heavy atom. The van der Waals surface area contributed by atoms with Crippen molar-refractivity contribution in [3.05, 3.63) is 28.2 Å². The van der Waals surface area contributed by atoms with Crippen molar-refractivity contribution < 1.29 is 22.8 Å². The first-order valence-electron chi connectivity index (χ1n) is 5.03. The quantitative estimate of drug-likeness (QED) is 0.736. The molecular formula is C11H7BrF3NO2. The number of amides is 1. The molecule has 7 heteroatoms. The van der Waals surface area contributed by atoms with E-state index < -0.39 is 12.1 Å². The van der Waals surface area contributed by atoms with Crippen LogP contribution in [-0.2, 0) is 4.79 Å². The molecule has 0 aliphatic carbocycles. The molecule has 1 heterocycles. The zero-order valence-electron chi connectivity index (χ0n) is 8.92. The van der Waals surface area contributed by atoms with Crippen LogP contribution in [0.25, 0.3) is 0 Å². The maximum Gasteiger partial charge on any atom is 0.471 e. The van der Waals surface area contributed by atoms with Crippen molar-refractivity contribution >= 4 is 33.3 Å². The number of fused-ring (bicyclic) bond motifs is 1. The second-order valence-electron chi connectivity index (χ2n) is 3.76. The fourth-order valence-electron chi connectivity index (χ4n) is 1.84. The SMILES string of the molecule is O=C1CCN(C(=O)C(F)(F)F)c2cccc(Br)c21. The summed E-state index contributed by atoms with van der Waals surface area (Å²) < 4.78 is 37.7. The van der Waals surface area contributed by atoms with Crippen LogP contribution in [0.4, 0.5) is 18.9 Å². The molecule has 96 valence electrons. The van der Waals surface area contributed by atoms with Gasteiger partial charge < -0.3 is 4.90 Å². The van der Waals surface area contributed by atoms with Crippen molar-refractivity contribution in [2.45, 2.75) is 12.6 Å². The monoisotopic (exact) mass is 321 g/mol. The van der Waals surface area contributed by atoms with Crippen LogP contribution < -0.4 is 4.90 Å². The second kappa shape index (κ2) is 4.38. The average molecular weight is 322 g/mol. The molecule has 3 nitrogen and oxygen atoms in total. The van der Waals surface area contributed by atoms with Crippen LogP contribution in [0.1, 0.15) is 16.8 Å². The predicted molar refractivity (Wildman–Crippen MR) is 61.5 cm³/mol. The molecule has 0 atom stereocenters. The van der Waals surface area contributed by atoms with E-state index in [9.17, 15) is 22.8 Å². The van der Waals surface area contributed by atoms with E-state index in [1.807, 2.05) is 0 Å². The normalized spacial score (nSPS) is 15.6. The summed E-state index contributed by atoms with van der Waals surface area (Å²) in [6.45, 7) is -0.249. The van der Waals surface area contributed by atoms with E-state index in [-0.39, 0.29) is 30.0 Å². The highest BCUT2D eigenvalue weighted by Crippen LogP contribution is 2.34. The number of nitrogens with zero attached hydrogens (tertiary/aromatic N) is 1. The summed E-state index contributed by atoms with van der Waals surface area (Å²) in [6, 6.07) is 4.37. The van der Waals surface area contributed by atoms with Gasteiger partial charge in [0.2, 0.25) is 0 Å². The van der Waals surface area contributed by atoms with Gasteiger partial charge in [0.05, 0.1) is 11.3 Å². The van der Waals surface area contributed by atoms with Gasteiger partial charge in [-0.1, -0.05) is 6.07 Å². The van der Waals surface area contributed by atoms with Crippen LogP contribution in [0, 0.1) is 0 Å². The van der Waals surface area contributed by atoms with Crippen molar-refractivity contribution in [2.75, 3.05) is 11.4 Å². The highest BCUT2D eigenvalue weighted by molar-refractivity contribution is 9.10. The molecular weight excluding hydrogens is 315 g/mol. The maximum atomic E-state index is 12.4. The van der Waals surface area contributed by atoms with E-state index in [1.54, 1.807) is 6.07 Å². The smallest absolute Gasteiger partial charge is 0.303 e. The lowest BCUT2D eigenvalue weighted by molar-refractivity contribution is -0.170. The molecule has 2 rings (SSSR count). The third-order valence-corrected chi connectivity index (χ3v) is 3.27. The highest BCUT2D eigenvalue weighted by Gasteiger charge is 2.45. The van der Waals surface area contributed by atoms with E-state index in [0.29, 0.717) is 9.37 Å². The molecule has 0 aromatic heterocycles. The first kappa shape index (κ1) is 13.1. The van der Waals surface area contributed by atoms with Gasteiger partial charge in [0, 0.05) is 17.4 Å². The van der Waals surface area contributed by atoms with E-state index >= 15 is 0 Å². The number of hydrogen-bond donors (Lipinski definition) is 0. The molecule has 0 radical (unpaired) electrons. The van der Waals surface area contributed by atoms with E-state index in [4.69, 9.17) is 0 Å². The Hall–Kier alpha value is -1.37. The Morgan fingerprint density at radius 1 is 1.33 bits per heavy atom. The third kappa shape index (κ3) is 2.14. The molecule has 0 unspecified atom stereocenters. The Bertz CT molecular complexity index is 528. The van der Waals surface area contributed by atoms with Gasteiger partial charge in [-0.3, -0.25) is 9.59 Å². The summed E-state index contributed by atoms with van der Waals surface area (Å²) in [5.74, 6) is -2.22. The van der Waals surface area contributed by atoms with Crippen LogP contribution in [0.2, 0.25) is 0 Å². The number of ketones is 1. The number of halogens is 4. The molecule has 1 aliphatic rings. The minimum atomic E-state index is -4.94. The molecule has 1 aromatic rings. The van der Waals surface area contributed by atoms with Gasteiger partial charge in [-0.15, -0.1) is 0 Å². The van der Waals surface area contributed by atoms with E-state index in [2.05, 4.69) is 15.9 Å². The molecule has 0 fully saturated rings. The number of rotatable bonds is 0. The molecule has 1 aromatic carbocycles. The first-order chi connectivity index (χ1) is 8.32. The number of anilines is 1. The van der Waals surface area contributed by atoms with Crippen molar-refractivity contribution in [3.63, 3.8) is 0 Å². The molecule has 0 bridgehead atoms. The van der Waals surface area contributed by atoms with Gasteiger partial charge >= 0.3 is 12.1 Å². The number of carbonyl (C=O) groups is 2. The molecule has 0 saturated heterocycles. The lowest BCUT2D eigenvalue weighted by Crippen LogP contribution is -2.45. The predicted octanol–water partition coefficient (Wildman–Crippen LogP) is 2.93. The van der Waals surface area contributed by atoms with E-state index in [1.165, 1.54) is 12.1 Å². The number of Topliss-reactive ketones (excluding diaryl/α,β-unsaturated/α-hetero) is 1. The van der Waals surface area contributed by atoms with Crippen molar-refractivity contribution in [1.82, 2.24) is 0 Å². The minimum absolute atomic E-state index is 0.00273. The third-order valence-electron chi connectivity index (χ3n) is 2.61. The molecule has 1 aliphatic heterocycles. The van der Waals surface area contributed by atoms with Gasteiger partial charge in [0.15, 0.2) is 5.78 Å². The number of hydrogen-bond acceptors (Lipinski definition) is 2. The lowest BCUT2D eigenvalue weighted by atomic mass is 10.0. The Kier molecular flexibility index (Phi) is 3.18. The zero-order chi connectivity index (χ0) is 13.5. The number of alkyl halides is 3. The summed E-state index contributed by atoms with van der Waals surface area (Å²) in [7, 11) is 0. The first-order valence-corrected chi connectivity index (χ1v) is 5.82. The second-order valence-corrected chi connectivity index (χ2v) is 4.62. The van der Waals surface area contributed by atoms with Crippen LogP contribution >= 0.6 is 15.9 Å². The van der Waals surface area contributed by atoms with E-state index in [0.717, 1.165) is 0 Å². The molecule has 1 amide bonds. The van der Waals surface area contributed by atoms with Gasteiger partial charge in [-0.05, 0) is 28.1 Å². The van der Waals surface area contributed by atoms with Crippen LogP contribution in [0.15, 0.2) is 22.7 Å². The number of benzene rings is 1. The molecule has 0 spiro atoms. The van der Waals surface area contributed by atoms with Crippen LogP contribution in [-0.4, -0.2) is 24.4 Å². The van der Waals surface area contributed by atoms with Crippen LogP contribution in [0.5, 0.6) is 0 Å². The largest absolute Gasteiger partial charge is 0.471 e. The average Bonchev–Trinajstić information content (AvgIpc) is 2.27. The standard InChI is InChI=1S/C11H7BrF3NO2/c12-6-2-1-3-7-9(6)8(17)4-5-16(7)10(18)11(13,14)15/h1-3H,4-5H2. The molecule has 0 N–H and O–H groups in total. The topological polar surface area (TPSA) is 37.4 Å². The Labute approximate surface area is 109 Å². The Balaban J connectivity index is 2.51. The van der Waals surface area contributed by atoms with Crippen molar-refractivity contribution in [2.24, 2.45) is 0 Å². The van der Waals surface area contributed by atoms with Gasteiger partial charge in [-0.2, -0.15) is 13.2 Å². The Morgan fingerprint density at radius 3 is 2.61 bits per heavy atom. The number of carbonyl (C=O) groups excluding carboxylic acids is 2. The maximum absolute atomic E-state index is 12.4. The van der Waals surface area contributed by atoms with Gasteiger partial charge in [0.1, 0.15) is 0 Å². The van der Waals surface area contributed by atoms with Crippen molar-refractivity contribution in [1.29, 1.82) is 0 Å². The van der Waals surface area contributed by atoms with Crippen molar-refractivity contribution in [3.8, 4) is 0 Å². The summed E-state index contributed by atoms with van der Waals surface area (Å²) in [6.07, 6.45) is -5.06. The zero-order valence-corrected chi connectivity index (χ0v) is 10.5. The summed E-state index contributed by atoms with van der Waals surface area (Å²) in [4.78, 5) is 23.5. The fourth-order valence-corrected chi connectivity index (χ4v) is 2.41. The highest BCUT2D eigenvalue weighted by atomic mass is 79.9. The summed E-state index contributed by atoms with van der Waals surface area (Å²) in [5, 5.41) is 0. The fraction of sp³-hybridized carbons (Fsp3) is 0.273. The van der Waals surface area contributed by atoms with Gasteiger partial charge in [0.25, 0.3) is 0 Å². The molecule has 18 heavy (non-hydrogen) atoms. The summed E-state index contributed by atoms with van der Waals surface area (Å²) >= 11 is 3.11. The summed E-state index contributed by atoms with van der Waals surface area (Å²) in [5.41, 5.74) is 0.129. The van der Waals surface area contributed by atoms with Gasteiger partial charge in [-0.25, -0.2) is 0 Å².